The standard InChI is InChI=1S/C23H29BrN2O4/c1-14(21(29)26-19-5-3-18(4-6-19)25-15(2)27)30-20(28)12-22-8-16-7-17(9-22)11-23(24,10-16)13-22/h3-6,14,16-17H,7-13H2,1-2H3,(H,25,27)(H,26,29)/t14-,16-,17-,22?,23?/m1/s1. The van der Waals surface area contributed by atoms with Crippen LogP contribution in [-0.4, -0.2) is 28.2 Å². The number of amides is 2. The number of rotatable bonds is 6. The number of esters is 1. The van der Waals surface area contributed by atoms with Crippen molar-refractivity contribution in [1.82, 2.24) is 0 Å². The quantitative estimate of drug-likeness (QED) is 0.462. The number of carbonyl (C=O) groups excluding carboxylic acids is 3. The molecule has 0 spiro atoms. The van der Waals surface area contributed by atoms with Gasteiger partial charge in [0.1, 0.15) is 0 Å². The summed E-state index contributed by atoms with van der Waals surface area (Å²) in [7, 11) is 0. The number of hydrogen-bond donors (Lipinski definition) is 2. The third kappa shape index (κ3) is 4.71. The molecule has 2 N–H and O–H groups in total. The van der Waals surface area contributed by atoms with Crippen LogP contribution in [0.1, 0.15) is 58.8 Å². The van der Waals surface area contributed by atoms with Crippen molar-refractivity contribution < 1.29 is 19.1 Å². The summed E-state index contributed by atoms with van der Waals surface area (Å²) in [6.07, 6.45) is 6.52. The van der Waals surface area contributed by atoms with Crippen molar-refractivity contribution >= 4 is 45.1 Å². The summed E-state index contributed by atoms with van der Waals surface area (Å²) in [4.78, 5) is 36.2. The molecule has 1 aromatic rings. The molecule has 0 radical (unpaired) electrons. The Morgan fingerprint density at radius 1 is 1.07 bits per heavy atom. The van der Waals surface area contributed by atoms with Gasteiger partial charge in [-0.25, -0.2) is 0 Å². The summed E-state index contributed by atoms with van der Waals surface area (Å²) >= 11 is 3.97. The second-order valence-electron chi connectivity index (χ2n) is 9.67. The minimum atomic E-state index is -0.862. The fourth-order valence-electron chi connectivity index (χ4n) is 6.23. The molecule has 162 valence electrons. The van der Waals surface area contributed by atoms with E-state index in [1.165, 1.54) is 26.2 Å². The third-order valence-electron chi connectivity index (χ3n) is 6.78. The van der Waals surface area contributed by atoms with Gasteiger partial charge in [0, 0.05) is 22.6 Å². The fraction of sp³-hybridized carbons (Fsp3) is 0.609. The van der Waals surface area contributed by atoms with Gasteiger partial charge in [-0.15, -0.1) is 0 Å². The van der Waals surface area contributed by atoms with E-state index in [0.29, 0.717) is 29.6 Å². The number of hydrogen-bond acceptors (Lipinski definition) is 4. The van der Waals surface area contributed by atoms with Crippen LogP contribution in [0.15, 0.2) is 24.3 Å². The van der Waals surface area contributed by atoms with E-state index < -0.39 is 6.10 Å². The molecule has 1 aromatic carbocycles. The molecule has 6 nitrogen and oxygen atoms in total. The van der Waals surface area contributed by atoms with E-state index in [1.807, 2.05) is 0 Å². The van der Waals surface area contributed by atoms with E-state index in [9.17, 15) is 14.4 Å². The van der Waals surface area contributed by atoms with Crippen molar-refractivity contribution in [2.75, 3.05) is 10.6 Å². The van der Waals surface area contributed by atoms with Gasteiger partial charge in [-0.05, 0) is 87.0 Å². The van der Waals surface area contributed by atoms with Crippen molar-refractivity contribution in [3.8, 4) is 0 Å². The molecule has 0 unspecified atom stereocenters. The lowest BCUT2D eigenvalue weighted by Gasteiger charge is -2.60. The van der Waals surface area contributed by atoms with Gasteiger partial charge in [-0.1, -0.05) is 15.9 Å². The zero-order valence-corrected chi connectivity index (χ0v) is 19.1. The largest absolute Gasteiger partial charge is 0.453 e. The van der Waals surface area contributed by atoms with Crippen LogP contribution in [0.4, 0.5) is 11.4 Å². The molecule has 2 amide bonds. The molecule has 4 fully saturated rings. The molecule has 7 heteroatoms. The van der Waals surface area contributed by atoms with Crippen LogP contribution in [0.5, 0.6) is 0 Å². The third-order valence-corrected chi connectivity index (χ3v) is 7.71. The number of benzene rings is 1. The molecular weight excluding hydrogens is 448 g/mol. The van der Waals surface area contributed by atoms with Crippen LogP contribution >= 0.6 is 15.9 Å². The summed E-state index contributed by atoms with van der Waals surface area (Å²) < 4.78 is 5.71. The highest BCUT2D eigenvalue weighted by atomic mass is 79.9. The first kappa shape index (κ1) is 21.3. The van der Waals surface area contributed by atoms with Crippen molar-refractivity contribution in [3.63, 3.8) is 0 Å². The molecule has 0 aliphatic heterocycles. The van der Waals surface area contributed by atoms with E-state index in [-0.39, 0.29) is 27.5 Å². The minimum Gasteiger partial charge on any atom is -0.453 e. The number of alkyl halides is 1. The van der Waals surface area contributed by atoms with E-state index in [2.05, 4.69) is 26.6 Å². The van der Waals surface area contributed by atoms with Crippen LogP contribution < -0.4 is 10.6 Å². The zero-order valence-electron chi connectivity index (χ0n) is 17.5. The van der Waals surface area contributed by atoms with Crippen molar-refractivity contribution in [1.29, 1.82) is 0 Å². The van der Waals surface area contributed by atoms with Crippen molar-refractivity contribution in [2.45, 2.75) is 69.2 Å². The maximum atomic E-state index is 12.7. The van der Waals surface area contributed by atoms with Gasteiger partial charge in [-0.2, -0.15) is 0 Å². The lowest BCUT2D eigenvalue weighted by atomic mass is 9.49. The summed E-state index contributed by atoms with van der Waals surface area (Å²) in [6, 6.07) is 6.80. The number of halogens is 1. The minimum absolute atomic E-state index is 0.0282. The highest BCUT2D eigenvalue weighted by Crippen LogP contribution is 2.65. The van der Waals surface area contributed by atoms with Crippen LogP contribution in [0.25, 0.3) is 0 Å². The maximum absolute atomic E-state index is 12.7. The first-order chi connectivity index (χ1) is 14.1. The zero-order chi connectivity index (χ0) is 21.5. The van der Waals surface area contributed by atoms with Gasteiger partial charge >= 0.3 is 5.97 Å². The molecular formula is C23H29BrN2O4. The van der Waals surface area contributed by atoms with Gasteiger partial charge in [0.25, 0.3) is 5.91 Å². The van der Waals surface area contributed by atoms with Gasteiger partial charge in [0.15, 0.2) is 6.10 Å². The lowest BCUT2D eigenvalue weighted by molar-refractivity contribution is -0.159. The molecule has 0 aromatic heterocycles. The molecule has 4 saturated carbocycles. The highest BCUT2D eigenvalue weighted by Gasteiger charge is 2.57. The molecule has 0 saturated heterocycles. The van der Waals surface area contributed by atoms with Gasteiger partial charge in [0.05, 0.1) is 6.42 Å². The monoisotopic (exact) mass is 476 g/mol. The Morgan fingerprint density at radius 2 is 1.63 bits per heavy atom. The van der Waals surface area contributed by atoms with Crippen LogP contribution in [0, 0.1) is 17.3 Å². The summed E-state index contributed by atoms with van der Waals surface area (Å²) in [5.41, 5.74) is 1.26. The first-order valence-corrected chi connectivity index (χ1v) is 11.5. The van der Waals surface area contributed by atoms with Crippen LogP contribution in [-0.2, 0) is 19.1 Å². The number of carbonyl (C=O) groups is 3. The topological polar surface area (TPSA) is 84.5 Å². The van der Waals surface area contributed by atoms with Gasteiger partial charge < -0.3 is 15.4 Å². The van der Waals surface area contributed by atoms with Gasteiger partial charge in [-0.3, -0.25) is 14.4 Å². The second-order valence-corrected chi connectivity index (χ2v) is 11.4. The van der Waals surface area contributed by atoms with E-state index in [1.54, 1.807) is 31.2 Å². The molecule has 30 heavy (non-hydrogen) atoms. The molecule has 4 aliphatic rings. The normalized spacial score (nSPS) is 32.4. The Morgan fingerprint density at radius 3 is 2.17 bits per heavy atom. The van der Waals surface area contributed by atoms with Crippen molar-refractivity contribution in [3.05, 3.63) is 24.3 Å². The summed E-state index contributed by atoms with van der Waals surface area (Å²) in [5.74, 6) is 0.617. The molecule has 0 heterocycles. The Hall–Kier alpha value is -1.89. The number of ether oxygens (including phenoxy) is 1. The average molecular weight is 477 g/mol. The Labute approximate surface area is 185 Å². The van der Waals surface area contributed by atoms with E-state index in [0.717, 1.165) is 19.3 Å². The summed E-state index contributed by atoms with van der Waals surface area (Å²) in [6.45, 7) is 3.04. The Balaban J connectivity index is 1.30. The van der Waals surface area contributed by atoms with Crippen molar-refractivity contribution in [2.24, 2.45) is 17.3 Å². The average Bonchev–Trinajstić information content (AvgIpc) is 2.60. The van der Waals surface area contributed by atoms with E-state index >= 15 is 0 Å². The second kappa shape index (κ2) is 7.98. The maximum Gasteiger partial charge on any atom is 0.307 e. The van der Waals surface area contributed by atoms with Crippen LogP contribution in [0.3, 0.4) is 0 Å². The predicted octanol–water partition coefficient (Wildman–Crippen LogP) is 4.64. The molecule has 4 aliphatic carbocycles. The number of anilines is 2. The highest BCUT2D eigenvalue weighted by molar-refractivity contribution is 9.10. The Kier molecular flexibility index (Phi) is 5.68. The Bertz CT molecular complexity index is 839. The molecule has 4 bridgehead atoms. The van der Waals surface area contributed by atoms with Gasteiger partial charge in [0.2, 0.25) is 5.91 Å². The fourth-order valence-corrected chi connectivity index (χ4v) is 7.74. The predicted molar refractivity (Wildman–Crippen MR) is 118 cm³/mol. The smallest absolute Gasteiger partial charge is 0.307 e. The molecule has 3 atom stereocenters. The number of nitrogens with one attached hydrogen (secondary N) is 2. The molecule has 5 rings (SSSR count). The summed E-state index contributed by atoms with van der Waals surface area (Å²) in [5, 5.41) is 5.43. The van der Waals surface area contributed by atoms with E-state index in [4.69, 9.17) is 4.74 Å². The SMILES string of the molecule is CC(=O)Nc1ccc(NC(=O)[C@@H](C)OC(=O)CC23C[C@H]4C[C@@H](CC(Br)(C4)C2)C3)cc1. The van der Waals surface area contributed by atoms with Crippen LogP contribution in [0.2, 0.25) is 0 Å². The first-order valence-electron chi connectivity index (χ1n) is 10.7. The lowest BCUT2D eigenvalue weighted by Crippen LogP contribution is -2.53.